The van der Waals surface area contributed by atoms with Gasteiger partial charge in [-0.05, 0) is 13.3 Å². The van der Waals surface area contributed by atoms with Crippen molar-refractivity contribution in [3.63, 3.8) is 0 Å². The second kappa shape index (κ2) is 7.96. The lowest BCUT2D eigenvalue weighted by molar-refractivity contribution is -0.385. The third-order valence-electron chi connectivity index (χ3n) is 4.10. The Kier molecular flexibility index (Phi) is 5.97. The number of rotatable bonds is 7. The van der Waals surface area contributed by atoms with E-state index in [1.165, 1.54) is 26.4 Å². The molecule has 1 heterocycles. The number of carbonyl (C=O) groups is 1. The summed E-state index contributed by atoms with van der Waals surface area (Å²) in [6, 6.07) is 2.59. The smallest absolute Gasteiger partial charge is 0.286 e. The Morgan fingerprint density at radius 2 is 2.04 bits per heavy atom. The molecule has 0 N–H and O–H groups in total. The maximum absolute atomic E-state index is 12.8. The quantitative estimate of drug-likeness (QED) is 0.558. The van der Waals surface area contributed by atoms with Crippen LogP contribution < -0.4 is 9.47 Å². The maximum Gasteiger partial charge on any atom is 0.286 e. The van der Waals surface area contributed by atoms with Gasteiger partial charge >= 0.3 is 0 Å². The SMILES string of the molecule is CCN(C[C@H]1CCOC1)C(=O)c1cc(OC)c(OC)cc1[N+](=O)[O-]. The predicted molar refractivity (Wildman–Crippen MR) is 86.7 cm³/mol. The molecule has 1 aliphatic heterocycles. The van der Waals surface area contributed by atoms with Gasteiger partial charge in [-0.1, -0.05) is 0 Å². The highest BCUT2D eigenvalue weighted by Crippen LogP contribution is 2.35. The molecule has 8 nitrogen and oxygen atoms in total. The van der Waals surface area contributed by atoms with Gasteiger partial charge in [0.05, 0.1) is 31.8 Å². The van der Waals surface area contributed by atoms with Crippen molar-refractivity contribution in [2.24, 2.45) is 5.92 Å². The van der Waals surface area contributed by atoms with Crippen LogP contribution in [0.15, 0.2) is 12.1 Å². The fourth-order valence-corrected chi connectivity index (χ4v) is 2.76. The van der Waals surface area contributed by atoms with Gasteiger partial charge < -0.3 is 19.1 Å². The minimum atomic E-state index is -0.582. The molecule has 1 fully saturated rings. The van der Waals surface area contributed by atoms with E-state index in [1.54, 1.807) is 4.90 Å². The van der Waals surface area contributed by atoms with Gasteiger partial charge in [-0.15, -0.1) is 0 Å². The zero-order valence-corrected chi connectivity index (χ0v) is 14.1. The molecular formula is C16H22N2O6. The first-order valence-electron chi connectivity index (χ1n) is 7.79. The zero-order valence-electron chi connectivity index (χ0n) is 14.1. The Labute approximate surface area is 140 Å². The molecule has 0 bridgehead atoms. The van der Waals surface area contributed by atoms with Crippen LogP contribution in [0.5, 0.6) is 11.5 Å². The Hall–Kier alpha value is -2.35. The first-order valence-corrected chi connectivity index (χ1v) is 7.79. The first-order chi connectivity index (χ1) is 11.5. The molecule has 132 valence electrons. The van der Waals surface area contributed by atoms with Crippen molar-refractivity contribution < 1.29 is 23.9 Å². The van der Waals surface area contributed by atoms with Gasteiger partial charge in [-0.2, -0.15) is 0 Å². The Morgan fingerprint density at radius 1 is 1.38 bits per heavy atom. The second-order valence-electron chi connectivity index (χ2n) is 5.55. The van der Waals surface area contributed by atoms with Gasteiger partial charge in [0.15, 0.2) is 11.5 Å². The molecule has 0 radical (unpaired) electrons. The van der Waals surface area contributed by atoms with Crippen molar-refractivity contribution in [3.8, 4) is 11.5 Å². The van der Waals surface area contributed by atoms with Crippen LogP contribution in [0.1, 0.15) is 23.7 Å². The van der Waals surface area contributed by atoms with E-state index in [4.69, 9.17) is 14.2 Å². The lowest BCUT2D eigenvalue weighted by Gasteiger charge is -2.24. The molecular weight excluding hydrogens is 316 g/mol. The summed E-state index contributed by atoms with van der Waals surface area (Å²) in [5, 5.41) is 11.4. The van der Waals surface area contributed by atoms with Crippen molar-refractivity contribution in [2.75, 3.05) is 40.5 Å². The molecule has 1 aromatic rings. The third kappa shape index (κ3) is 3.76. The van der Waals surface area contributed by atoms with Crippen LogP contribution in [0.3, 0.4) is 0 Å². The van der Waals surface area contributed by atoms with Gasteiger partial charge in [0, 0.05) is 31.7 Å². The van der Waals surface area contributed by atoms with Crippen molar-refractivity contribution in [2.45, 2.75) is 13.3 Å². The van der Waals surface area contributed by atoms with Crippen LogP contribution in [0.4, 0.5) is 5.69 Å². The summed E-state index contributed by atoms with van der Waals surface area (Å²) < 4.78 is 15.6. The Balaban J connectivity index is 2.36. The maximum atomic E-state index is 12.8. The van der Waals surface area contributed by atoms with E-state index in [0.717, 1.165) is 6.42 Å². The summed E-state index contributed by atoms with van der Waals surface area (Å²) in [5.74, 6) is 0.366. The molecule has 0 aliphatic carbocycles. The first kappa shape index (κ1) is 18.0. The number of amides is 1. The topological polar surface area (TPSA) is 91.1 Å². The van der Waals surface area contributed by atoms with E-state index in [1.807, 2.05) is 6.92 Å². The summed E-state index contributed by atoms with van der Waals surface area (Å²) in [6.07, 6.45) is 0.887. The fourth-order valence-electron chi connectivity index (χ4n) is 2.76. The Bertz CT molecular complexity index is 613. The summed E-state index contributed by atoms with van der Waals surface area (Å²) in [6.45, 7) is 4.12. The summed E-state index contributed by atoms with van der Waals surface area (Å²) in [5.41, 5.74) is -0.294. The highest BCUT2D eigenvalue weighted by molar-refractivity contribution is 5.99. The van der Waals surface area contributed by atoms with Crippen molar-refractivity contribution in [1.29, 1.82) is 0 Å². The molecule has 8 heteroatoms. The Morgan fingerprint density at radius 3 is 2.54 bits per heavy atom. The second-order valence-corrected chi connectivity index (χ2v) is 5.55. The minimum Gasteiger partial charge on any atom is -0.493 e. The number of methoxy groups -OCH3 is 2. The molecule has 0 saturated carbocycles. The fraction of sp³-hybridized carbons (Fsp3) is 0.562. The largest absolute Gasteiger partial charge is 0.493 e. The van der Waals surface area contributed by atoms with E-state index >= 15 is 0 Å². The van der Waals surface area contributed by atoms with Gasteiger partial charge in [-0.25, -0.2) is 0 Å². The van der Waals surface area contributed by atoms with Crippen molar-refractivity contribution in [3.05, 3.63) is 27.8 Å². The number of ether oxygens (including phenoxy) is 3. The number of hydrogen-bond donors (Lipinski definition) is 0. The standard InChI is InChI=1S/C16H22N2O6/c1-4-17(9-11-5-6-24-10-11)16(19)12-7-14(22-2)15(23-3)8-13(12)18(20)21/h7-8,11H,4-6,9-10H2,1-3H3/t11-/m1/s1. The number of nitro benzene ring substituents is 1. The van der Waals surface area contributed by atoms with Crippen LogP contribution in [0.2, 0.25) is 0 Å². The lowest BCUT2D eigenvalue weighted by atomic mass is 10.1. The summed E-state index contributed by atoms with van der Waals surface area (Å²) in [4.78, 5) is 25.2. The molecule has 24 heavy (non-hydrogen) atoms. The summed E-state index contributed by atoms with van der Waals surface area (Å²) in [7, 11) is 2.81. The number of nitro groups is 1. The molecule has 1 atom stereocenters. The minimum absolute atomic E-state index is 0.00147. The van der Waals surface area contributed by atoms with Gasteiger partial charge in [0.2, 0.25) is 0 Å². The average Bonchev–Trinajstić information content (AvgIpc) is 3.10. The number of hydrogen-bond acceptors (Lipinski definition) is 6. The molecule has 1 aliphatic rings. The lowest BCUT2D eigenvalue weighted by Crippen LogP contribution is -2.35. The highest BCUT2D eigenvalue weighted by Gasteiger charge is 2.29. The zero-order chi connectivity index (χ0) is 17.7. The van der Waals surface area contributed by atoms with E-state index < -0.39 is 10.8 Å². The van der Waals surface area contributed by atoms with Crippen LogP contribution in [-0.4, -0.2) is 56.3 Å². The highest BCUT2D eigenvalue weighted by atomic mass is 16.6. The van der Waals surface area contributed by atoms with Gasteiger partial charge in [0.25, 0.3) is 11.6 Å². The van der Waals surface area contributed by atoms with Crippen molar-refractivity contribution in [1.82, 2.24) is 4.90 Å². The average molecular weight is 338 g/mol. The predicted octanol–water partition coefficient (Wildman–Crippen LogP) is 2.11. The number of benzene rings is 1. The van der Waals surface area contributed by atoms with Crippen LogP contribution >= 0.6 is 0 Å². The molecule has 2 rings (SSSR count). The molecule has 1 amide bonds. The van der Waals surface area contributed by atoms with Crippen LogP contribution in [-0.2, 0) is 4.74 Å². The van der Waals surface area contributed by atoms with Crippen molar-refractivity contribution >= 4 is 11.6 Å². The van der Waals surface area contributed by atoms with Gasteiger partial charge in [0.1, 0.15) is 5.56 Å². The van der Waals surface area contributed by atoms with Crippen LogP contribution in [0.25, 0.3) is 0 Å². The van der Waals surface area contributed by atoms with Crippen LogP contribution in [0, 0.1) is 16.0 Å². The molecule has 1 saturated heterocycles. The molecule has 0 spiro atoms. The number of nitrogens with zero attached hydrogens (tertiary/aromatic N) is 2. The monoisotopic (exact) mass is 338 g/mol. The third-order valence-corrected chi connectivity index (χ3v) is 4.10. The van der Waals surface area contributed by atoms with E-state index in [9.17, 15) is 14.9 Å². The normalized spacial score (nSPS) is 16.7. The van der Waals surface area contributed by atoms with Gasteiger partial charge in [-0.3, -0.25) is 14.9 Å². The molecule has 0 unspecified atom stereocenters. The molecule has 1 aromatic carbocycles. The van der Waals surface area contributed by atoms with E-state index in [2.05, 4.69) is 0 Å². The molecule has 0 aromatic heterocycles. The van der Waals surface area contributed by atoms with E-state index in [0.29, 0.717) is 26.3 Å². The number of carbonyl (C=O) groups excluding carboxylic acids is 1. The summed E-state index contributed by atoms with van der Waals surface area (Å²) >= 11 is 0. The van der Waals surface area contributed by atoms with E-state index in [-0.39, 0.29) is 28.7 Å².